The molecule has 0 bridgehead atoms. The normalized spacial score (nSPS) is 12.0. The highest BCUT2D eigenvalue weighted by molar-refractivity contribution is 5.78. The molecule has 2 heterocycles. The molecule has 110 valence electrons. The largest absolute Gasteiger partial charge is 0.373 e. The first-order chi connectivity index (χ1) is 10.7. The van der Waals surface area contributed by atoms with Crippen molar-refractivity contribution < 1.29 is 0 Å². The molecule has 6 nitrogen and oxygen atoms in total. The molecule has 2 N–H and O–H groups in total. The van der Waals surface area contributed by atoms with Crippen LogP contribution < -0.4 is 21.5 Å². The number of nitrogens with one attached hydrogen (secondary N) is 2. The molecule has 3 aromatic rings. The van der Waals surface area contributed by atoms with Gasteiger partial charge >= 0.3 is 0 Å². The van der Waals surface area contributed by atoms with Gasteiger partial charge < -0.3 is 10.6 Å². The van der Waals surface area contributed by atoms with Crippen molar-refractivity contribution in [2.24, 2.45) is 0 Å². The van der Waals surface area contributed by atoms with E-state index < -0.39 is 10.9 Å². The topological polar surface area (TPSA) is 84.0 Å². The van der Waals surface area contributed by atoms with E-state index in [-0.39, 0.29) is 11.7 Å². The third kappa shape index (κ3) is 2.58. The van der Waals surface area contributed by atoms with Gasteiger partial charge in [0.1, 0.15) is 11.4 Å². The predicted molar refractivity (Wildman–Crippen MR) is 85.1 cm³/mol. The molecule has 22 heavy (non-hydrogen) atoms. The zero-order valence-electron chi connectivity index (χ0n) is 11.9. The molecule has 1 aromatic carbocycles. The maximum Gasteiger partial charge on any atom is 0.253 e. The first-order valence-corrected chi connectivity index (χ1v) is 6.83. The van der Waals surface area contributed by atoms with Gasteiger partial charge in [0.15, 0.2) is 0 Å². The molecule has 1 atom stereocenters. The van der Waals surface area contributed by atoms with Crippen LogP contribution in [0.4, 0.5) is 17.1 Å². The molecule has 3 rings (SSSR count). The van der Waals surface area contributed by atoms with Crippen molar-refractivity contribution in [3.8, 4) is 0 Å². The summed E-state index contributed by atoms with van der Waals surface area (Å²) in [6, 6.07) is 7.07. The van der Waals surface area contributed by atoms with Crippen LogP contribution in [-0.2, 0) is 0 Å². The summed E-state index contributed by atoms with van der Waals surface area (Å²) in [5.74, 6) is 0. The summed E-state index contributed by atoms with van der Waals surface area (Å²) in [5.41, 5.74) is 1.28. The van der Waals surface area contributed by atoms with Gasteiger partial charge in [0, 0.05) is 36.5 Å². The summed E-state index contributed by atoms with van der Waals surface area (Å²) in [5, 5.41) is 6.05. The maximum atomic E-state index is 11.8. The van der Waals surface area contributed by atoms with E-state index in [0.29, 0.717) is 11.4 Å². The lowest BCUT2D eigenvalue weighted by Gasteiger charge is -2.19. The van der Waals surface area contributed by atoms with Crippen LogP contribution in [0.3, 0.4) is 0 Å². The number of hydrogen-bond acceptors (Lipinski definition) is 6. The van der Waals surface area contributed by atoms with Gasteiger partial charge in [-0.05, 0) is 36.8 Å². The van der Waals surface area contributed by atoms with Crippen LogP contribution in [-0.4, -0.2) is 9.97 Å². The van der Waals surface area contributed by atoms with Crippen LogP contribution in [0, 0.1) is 0 Å². The quantitative estimate of drug-likeness (QED) is 0.700. The van der Waals surface area contributed by atoms with Crippen LogP contribution in [0.1, 0.15) is 18.5 Å². The molecule has 0 spiro atoms. The zero-order chi connectivity index (χ0) is 15.5. The average Bonchev–Trinajstić information content (AvgIpc) is 2.59. The van der Waals surface area contributed by atoms with Gasteiger partial charge in [0.2, 0.25) is 0 Å². The molecular formula is C16H14N4O2. The minimum atomic E-state index is -0.513. The Morgan fingerprint density at radius 3 is 2.05 bits per heavy atom. The second-order valence-corrected chi connectivity index (χ2v) is 4.92. The highest BCUT2D eigenvalue weighted by Gasteiger charge is 2.22. The number of aromatic nitrogens is 2. The van der Waals surface area contributed by atoms with Gasteiger partial charge in [-0.1, -0.05) is 0 Å². The fourth-order valence-electron chi connectivity index (χ4n) is 2.18. The summed E-state index contributed by atoms with van der Waals surface area (Å²) in [6.07, 6.45) is 6.60. The lowest BCUT2D eigenvalue weighted by Crippen LogP contribution is -2.37. The summed E-state index contributed by atoms with van der Waals surface area (Å²) < 4.78 is 0. The van der Waals surface area contributed by atoms with Crippen LogP contribution in [0.15, 0.2) is 58.6 Å². The first-order valence-electron chi connectivity index (χ1n) is 6.83. The van der Waals surface area contributed by atoms with E-state index >= 15 is 0 Å². The molecular weight excluding hydrogens is 280 g/mol. The van der Waals surface area contributed by atoms with Crippen molar-refractivity contribution in [2.75, 3.05) is 10.6 Å². The molecule has 0 aliphatic rings. The van der Waals surface area contributed by atoms with Crippen molar-refractivity contribution in [1.29, 1.82) is 0 Å². The smallest absolute Gasteiger partial charge is 0.253 e. The van der Waals surface area contributed by atoms with Crippen molar-refractivity contribution in [1.82, 2.24) is 9.97 Å². The number of anilines is 3. The van der Waals surface area contributed by atoms with Gasteiger partial charge in [0.25, 0.3) is 10.9 Å². The van der Waals surface area contributed by atoms with Gasteiger partial charge in [-0.15, -0.1) is 0 Å². The van der Waals surface area contributed by atoms with E-state index in [4.69, 9.17) is 0 Å². The standard InChI is InChI=1S/C16H14N4O2/c1-10(11-2-6-17-7-3-11)19-13-14(16(22)15(13)21)20-12-4-8-18-9-5-12/h2-10,19H,1H3,(H,18,20). The molecule has 0 aliphatic heterocycles. The molecule has 0 aliphatic carbocycles. The van der Waals surface area contributed by atoms with Crippen molar-refractivity contribution in [2.45, 2.75) is 13.0 Å². The predicted octanol–water partition coefficient (Wildman–Crippen LogP) is 1.99. The Morgan fingerprint density at radius 1 is 0.864 bits per heavy atom. The minimum Gasteiger partial charge on any atom is -0.373 e. The molecule has 0 saturated heterocycles. The van der Waals surface area contributed by atoms with Crippen LogP contribution in [0.5, 0.6) is 0 Å². The van der Waals surface area contributed by atoms with Crippen LogP contribution in [0.2, 0.25) is 0 Å². The lowest BCUT2D eigenvalue weighted by molar-refractivity contribution is 0.876. The van der Waals surface area contributed by atoms with Gasteiger partial charge in [-0.3, -0.25) is 19.6 Å². The third-order valence-corrected chi connectivity index (χ3v) is 3.43. The van der Waals surface area contributed by atoms with Crippen molar-refractivity contribution in [3.05, 3.63) is 75.1 Å². The van der Waals surface area contributed by atoms with E-state index in [0.717, 1.165) is 5.56 Å². The second-order valence-electron chi connectivity index (χ2n) is 4.92. The van der Waals surface area contributed by atoms with Gasteiger partial charge in [0.05, 0.1) is 0 Å². The highest BCUT2D eigenvalue weighted by Crippen LogP contribution is 2.24. The Hall–Kier alpha value is -3.02. The van der Waals surface area contributed by atoms with E-state index in [9.17, 15) is 9.59 Å². The van der Waals surface area contributed by atoms with E-state index in [1.165, 1.54) is 0 Å². The first kappa shape index (κ1) is 13.9. The second kappa shape index (κ2) is 5.77. The monoisotopic (exact) mass is 294 g/mol. The van der Waals surface area contributed by atoms with Crippen molar-refractivity contribution in [3.63, 3.8) is 0 Å². The van der Waals surface area contributed by atoms with Crippen LogP contribution >= 0.6 is 0 Å². The fraction of sp³-hybridized carbons (Fsp3) is 0.125. The Morgan fingerprint density at radius 2 is 1.41 bits per heavy atom. The molecule has 2 aromatic heterocycles. The highest BCUT2D eigenvalue weighted by atomic mass is 16.2. The molecule has 0 saturated carbocycles. The molecule has 6 heteroatoms. The Balaban J connectivity index is 1.82. The molecule has 0 radical (unpaired) electrons. The van der Waals surface area contributed by atoms with Crippen molar-refractivity contribution >= 4 is 17.1 Å². The number of pyridine rings is 2. The molecule has 1 unspecified atom stereocenters. The summed E-state index contributed by atoms with van der Waals surface area (Å²) in [6.45, 7) is 1.92. The molecule has 0 fully saturated rings. The number of rotatable bonds is 5. The van der Waals surface area contributed by atoms with Gasteiger partial charge in [-0.25, -0.2) is 0 Å². The average molecular weight is 294 g/mol. The summed E-state index contributed by atoms with van der Waals surface area (Å²) in [7, 11) is 0. The number of nitrogens with zero attached hydrogens (tertiary/aromatic N) is 2. The summed E-state index contributed by atoms with van der Waals surface area (Å²) >= 11 is 0. The van der Waals surface area contributed by atoms with E-state index in [1.54, 1.807) is 36.9 Å². The maximum absolute atomic E-state index is 11.8. The van der Waals surface area contributed by atoms with Gasteiger partial charge in [-0.2, -0.15) is 0 Å². The number of hydrogen-bond donors (Lipinski definition) is 2. The summed E-state index contributed by atoms with van der Waals surface area (Å²) in [4.78, 5) is 31.4. The van der Waals surface area contributed by atoms with Crippen LogP contribution in [0.25, 0.3) is 0 Å². The van der Waals surface area contributed by atoms with E-state index in [2.05, 4.69) is 20.6 Å². The SMILES string of the molecule is CC(Nc1c(Nc2ccncc2)c(=O)c1=O)c1ccncc1. The minimum absolute atomic E-state index is 0.107. The lowest BCUT2D eigenvalue weighted by atomic mass is 10.1. The Kier molecular flexibility index (Phi) is 3.65. The Labute approximate surface area is 126 Å². The molecule has 0 amide bonds. The zero-order valence-corrected chi connectivity index (χ0v) is 11.9. The van der Waals surface area contributed by atoms with E-state index in [1.807, 2.05) is 19.1 Å². The Bertz CT molecular complexity index is 840. The third-order valence-electron chi connectivity index (χ3n) is 3.43. The fourth-order valence-corrected chi connectivity index (χ4v) is 2.18.